The number of carbonyl (C=O) groups is 1. The summed E-state index contributed by atoms with van der Waals surface area (Å²) in [4.78, 5) is 13.8. The van der Waals surface area contributed by atoms with Crippen LogP contribution in [0, 0.1) is 0 Å². The molecule has 1 aromatic rings. The van der Waals surface area contributed by atoms with Gasteiger partial charge in [-0.05, 0) is 30.5 Å². The van der Waals surface area contributed by atoms with E-state index < -0.39 is 0 Å². The van der Waals surface area contributed by atoms with Crippen molar-refractivity contribution in [2.24, 2.45) is 0 Å². The predicted octanol–water partition coefficient (Wildman–Crippen LogP) is 3.07. The molecule has 1 amide bonds. The van der Waals surface area contributed by atoms with Crippen LogP contribution in [0.15, 0.2) is 28.7 Å². The second kappa shape index (κ2) is 6.34. The molecule has 4 heteroatoms. The van der Waals surface area contributed by atoms with Crippen LogP contribution < -0.4 is 5.32 Å². The van der Waals surface area contributed by atoms with E-state index in [1.807, 2.05) is 12.1 Å². The first kappa shape index (κ1) is 13.6. The summed E-state index contributed by atoms with van der Waals surface area (Å²) in [6, 6.07) is 8.16. The van der Waals surface area contributed by atoms with E-state index in [9.17, 15) is 4.79 Å². The van der Waals surface area contributed by atoms with Crippen LogP contribution in [0.1, 0.15) is 37.9 Å². The molecule has 1 unspecified atom stereocenters. The van der Waals surface area contributed by atoms with Crippen molar-refractivity contribution < 1.29 is 4.79 Å². The molecule has 1 saturated heterocycles. The standard InChI is InChI=1S/C14H19BrN2O/c1-11(18)16-14(17-8-3-2-4-9-17)12-6-5-7-13(15)10-12/h5-7,10,14H,2-4,8-9H2,1H3,(H,16,18). The molecule has 3 nitrogen and oxygen atoms in total. The van der Waals surface area contributed by atoms with E-state index in [2.05, 4.69) is 38.3 Å². The molecule has 0 saturated carbocycles. The molecule has 1 fully saturated rings. The van der Waals surface area contributed by atoms with E-state index in [1.165, 1.54) is 19.3 Å². The highest BCUT2D eigenvalue weighted by Gasteiger charge is 2.22. The molecule has 0 radical (unpaired) electrons. The van der Waals surface area contributed by atoms with E-state index in [1.54, 1.807) is 6.92 Å². The Kier molecular flexibility index (Phi) is 4.78. The molecule has 0 bridgehead atoms. The molecule has 1 atom stereocenters. The zero-order valence-electron chi connectivity index (χ0n) is 10.7. The maximum Gasteiger partial charge on any atom is 0.218 e. The first-order chi connectivity index (χ1) is 8.66. The van der Waals surface area contributed by atoms with Crippen LogP contribution in [0.3, 0.4) is 0 Å². The SMILES string of the molecule is CC(=O)NC(c1cccc(Br)c1)N1CCCCC1. The lowest BCUT2D eigenvalue weighted by Crippen LogP contribution is -2.43. The zero-order valence-corrected chi connectivity index (χ0v) is 12.2. The lowest BCUT2D eigenvalue weighted by Gasteiger charge is -2.35. The van der Waals surface area contributed by atoms with Crippen molar-refractivity contribution in [1.29, 1.82) is 0 Å². The Balaban J connectivity index is 2.20. The van der Waals surface area contributed by atoms with Gasteiger partial charge in [0.15, 0.2) is 0 Å². The Labute approximate surface area is 117 Å². The van der Waals surface area contributed by atoms with Crippen molar-refractivity contribution in [2.75, 3.05) is 13.1 Å². The number of likely N-dealkylation sites (tertiary alicyclic amines) is 1. The summed E-state index contributed by atoms with van der Waals surface area (Å²) in [5, 5.41) is 3.06. The fourth-order valence-electron chi connectivity index (χ4n) is 2.43. The summed E-state index contributed by atoms with van der Waals surface area (Å²) in [7, 11) is 0. The van der Waals surface area contributed by atoms with Crippen LogP contribution in [0.25, 0.3) is 0 Å². The third-order valence-corrected chi connectivity index (χ3v) is 3.75. The summed E-state index contributed by atoms with van der Waals surface area (Å²) in [6.07, 6.45) is 3.72. The van der Waals surface area contributed by atoms with Crippen molar-refractivity contribution in [3.05, 3.63) is 34.3 Å². The molecule has 1 aromatic carbocycles. The molecule has 1 aliphatic rings. The largest absolute Gasteiger partial charge is 0.337 e. The first-order valence-electron chi connectivity index (χ1n) is 6.43. The molecular formula is C14H19BrN2O. The van der Waals surface area contributed by atoms with Crippen LogP contribution in [0.2, 0.25) is 0 Å². The second-order valence-electron chi connectivity index (χ2n) is 4.75. The number of hydrogen-bond donors (Lipinski definition) is 1. The fraction of sp³-hybridized carbons (Fsp3) is 0.500. The van der Waals surface area contributed by atoms with E-state index >= 15 is 0 Å². The molecule has 2 rings (SSSR count). The van der Waals surface area contributed by atoms with Crippen molar-refractivity contribution in [1.82, 2.24) is 10.2 Å². The fourth-order valence-corrected chi connectivity index (χ4v) is 2.85. The minimum absolute atomic E-state index is 0.000278. The molecule has 1 N–H and O–H groups in total. The van der Waals surface area contributed by atoms with Crippen LogP contribution in [0.5, 0.6) is 0 Å². The molecule has 0 aromatic heterocycles. The van der Waals surface area contributed by atoms with Crippen LogP contribution in [-0.4, -0.2) is 23.9 Å². The van der Waals surface area contributed by atoms with E-state index in [0.717, 1.165) is 23.1 Å². The Bertz CT molecular complexity index is 416. The number of nitrogens with zero attached hydrogens (tertiary/aromatic N) is 1. The number of piperidine rings is 1. The maximum absolute atomic E-state index is 11.4. The molecule has 0 aliphatic carbocycles. The molecule has 1 aliphatic heterocycles. The van der Waals surface area contributed by atoms with Gasteiger partial charge in [-0.2, -0.15) is 0 Å². The maximum atomic E-state index is 11.4. The zero-order chi connectivity index (χ0) is 13.0. The predicted molar refractivity (Wildman–Crippen MR) is 76.1 cm³/mol. The van der Waals surface area contributed by atoms with Crippen molar-refractivity contribution in [3.8, 4) is 0 Å². The van der Waals surface area contributed by atoms with Gasteiger partial charge in [-0.15, -0.1) is 0 Å². The van der Waals surface area contributed by atoms with Gasteiger partial charge >= 0.3 is 0 Å². The lowest BCUT2D eigenvalue weighted by molar-refractivity contribution is -0.121. The van der Waals surface area contributed by atoms with Gasteiger partial charge in [-0.1, -0.05) is 34.5 Å². The van der Waals surface area contributed by atoms with Gasteiger partial charge in [0.25, 0.3) is 0 Å². The van der Waals surface area contributed by atoms with Gasteiger partial charge < -0.3 is 5.32 Å². The van der Waals surface area contributed by atoms with Gasteiger partial charge in [0.1, 0.15) is 6.17 Å². The van der Waals surface area contributed by atoms with Crippen molar-refractivity contribution in [2.45, 2.75) is 32.4 Å². The van der Waals surface area contributed by atoms with Gasteiger partial charge in [-0.25, -0.2) is 0 Å². The van der Waals surface area contributed by atoms with Crippen LogP contribution in [-0.2, 0) is 4.79 Å². The Morgan fingerprint density at radius 3 is 2.67 bits per heavy atom. The Morgan fingerprint density at radius 2 is 2.06 bits per heavy atom. The minimum Gasteiger partial charge on any atom is -0.337 e. The highest BCUT2D eigenvalue weighted by molar-refractivity contribution is 9.10. The van der Waals surface area contributed by atoms with Crippen molar-refractivity contribution >= 4 is 21.8 Å². The highest BCUT2D eigenvalue weighted by Crippen LogP contribution is 2.24. The molecule has 0 spiro atoms. The van der Waals surface area contributed by atoms with Gasteiger partial charge in [-0.3, -0.25) is 9.69 Å². The normalized spacial score (nSPS) is 18.3. The summed E-state index contributed by atoms with van der Waals surface area (Å²) in [5.74, 6) is 0.0190. The quantitative estimate of drug-likeness (QED) is 0.930. The lowest BCUT2D eigenvalue weighted by atomic mass is 10.1. The van der Waals surface area contributed by atoms with Crippen LogP contribution in [0.4, 0.5) is 0 Å². The number of nitrogens with one attached hydrogen (secondary N) is 1. The number of amides is 1. The summed E-state index contributed by atoms with van der Waals surface area (Å²) < 4.78 is 1.05. The summed E-state index contributed by atoms with van der Waals surface area (Å²) in [5.41, 5.74) is 1.14. The summed E-state index contributed by atoms with van der Waals surface area (Å²) >= 11 is 3.49. The topological polar surface area (TPSA) is 32.3 Å². The molecular weight excluding hydrogens is 292 g/mol. The number of rotatable bonds is 3. The van der Waals surface area contributed by atoms with E-state index in [0.29, 0.717) is 0 Å². The van der Waals surface area contributed by atoms with E-state index in [4.69, 9.17) is 0 Å². The van der Waals surface area contributed by atoms with Crippen molar-refractivity contribution in [3.63, 3.8) is 0 Å². The molecule has 98 valence electrons. The van der Waals surface area contributed by atoms with Crippen LogP contribution >= 0.6 is 15.9 Å². The molecule has 18 heavy (non-hydrogen) atoms. The van der Waals surface area contributed by atoms with Gasteiger partial charge in [0.2, 0.25) is 5.91 Å². The second-order valence-corrected chi connectivity index (χ2v) is 5.67. The minimum atomic E-state index is 0.000278. The smallest absolute Gasteiger partial charge is 0.218 e. The number of benzene rings is 1. The number of hydrogen-bond acceptors (Lipinski definition) is 2. The number of carbonyl (C=O) groups excluding carboxylic acids is 1. The Morgan fingerprint density at radius 1 is 1.33 bits per heavy atom. The molecule has 1 heterocycles. The monoisotopic (exact) mass is 310 g/mol. The Hall–Kier alpha value is -0.870. The average molecular weight is 311 g/mol. The summed E-state index contributed by atoms with van der Waals surface area (Å²) in [6.45, 7) is 3.68. The first-order valence-corrected chi connectivity index (χ1v) is 7.23. The van der Waals surface area contributed by atoms with E-state index in [-0.39, 0.29) is 12.1 Å². The highest BCUT2D eigenvalue weighted by atomic mass is 79.9. The number of halogens is 1. The van der Waals surface area contributed by atoms with Gasteiger partial charge in [0.05, 0.1) is 0 Å². The third-order valence-electron chi connectivity index (χ3n) is 3.26. The van der Waals surface area contributed by atoms with Gasteiger partial charge in [0, 0.05) is 24.5 Å². The third kappa shape index (κ3) is 3.56. The average Bonchev–Trinajstić information content (AvgIpc) is 2.37.